The Morgan fingerprint density at radius 2 is 1.89 bits per heavy atom. The third-order valence-electron chi connectivity index (χ3n) is 4.35. The summed E-state index contributed by atoms with van der Waals surface area (Å²) < 4.78 is 10.9. The molecule has 106 valence electrons. The van der Waals surface area contributed by atoms with E-state index in [-0.39, 0.29) is 5.41 Å². The fraction of sp³-hybridized carbons (Fsp3) is 0.846. The average Bonchev–Trinajstić information content (AvgIpc) is 2.99. The van der Waals surface area contributed by atoms with Gasteiger partial charge in [-0.15, -0.1) is 0 Å². The highest BCUT2D eigenvalue weighted by Crippen LogP contribution is 2.33. The molecule has 0 bridgehead atoms. The molecular formula is C13H22N4O2. The monoisotopic (exact) mass is 266 g/mol. The summed E-state index contributed by atoms with van der Waals surface area (Å²) in [4.78, 5) is 6.82. The predicted octanol–water partition coefficient (Wildman–Crippen LogP) is 1.07. The third-order valence-corrected chi connectivity index (χ3v) is 4.35. The van der Waals surface area contributed by atoms with Crippen LogP contribution in [0.5, 0.6) is 0 Å². The molecule has 0 amide bonds. The van der Waals surface area contributed by atoms with Crippen molar-refractivity contribution in [2.24, 2.45) is 5.73 Å². The maximum Gasteiger partial charge on any atom is 0.266 e. The van der Waals surface area contributed by atoms with E-state index in [1.807, 2.05) is 0 Å². The van der Waals surface area contributed by atoms with E-state index in [2.05, 4.69) is 15.0 Å². The second-order valence-corrected chi connectivity index (χ2v) is 5.54. The quantitative estimate of drug-likeness (QED) is 0.881. The minimum atomic E-state index is -0.181. The molecule has 0 aromatic carbocycles. The van der Waals surface area contributed by atoms with Crippen LogP contribution >= 0.6 is 0 Å². The van der Waals surface area contributed by atoms with E-state index in [0.29, 0.717) is 12.4 Å². The van der Waals surface area contributed by atoms with Gasteiger partial charge in [0.1, 0.15) is 0 Å². The van der Waals surface area contributed by atoms with Gasteiger partial charge in [-0.3, -0.25) is 0 Å². The molecule has 6 heteroatoms. The lowest BCUT2D eigenvalue weighted by molar-refractivity contribution is 0.0409. The first-order chi connectivity index (χ1) is 9.34. The second kappa shape index (κ2) is 5.46. The zero-order chi connectivity index (χ0) is 13.1. The van der Waals surface area contributed by atoms with Gasteiger partial charge >= 0.3 is 0 Å². The van der Waals surface area contributed by atoms with Crippen molar-refractivity contribution in [3.05, 3.63) is 5.89 Å². The lowest BCUT2D eigenvalue weighted by Gasteiger charge is -2.32. The minimum Gasteiger partial charge on any atom is -0.381 e. The van der Waals surface area contributed by atoms with E-state index in [4.69, 9.17) is 15.0 Å². The largest absolute Gasteiger partial charge is 0.381 e. The van der Waals surface area contributed by atoms with Crippen molar-refractivity contribution < 1.29 is 9.26 Å². The molecule has 0 spiro atoms. The molecule has 2 aliphatic rings. The number of nitrogens with two attached hydrogens (primary N) is 1. The van der Waals surface area contributed by atoms with Crippen LogP contribution in [0.4, 0.5) is 5.95 Å². The Morgan fingerprint density at radius 3 is 2.58 bits per heavy atom. The normalized spacial score (nSPS) is 23.5. The fourth-order valence-corrected chi connectivity index (χ4v) is 2.92. The topological polar surface area (TPSA) is 77.4 Å². The zero-order valence-corrected chi connectivity index (χ0v) is 11.3. The molecule has 2 aliphatic heterocycles. The summed E-state index contributed by atoms with van der Waals surface area (Å²) in [5.41, 5.74) is 5.78. The number of aromatic nitrogens is 2. The molecule has 0 aliphatic carbocycles. The van der Waals surface area contributed by atoms with Crippen molar-refractivity contribution in [2.45, 2.75) is 37.5 Å². The smallest absolute Gasteiger partial charge is 0.266 e. The molecule has 0 atom stereocenters. The van der Waals surface area contributed by atoms with Gasteiger partial charge < -0.3 is 19.9 Å². The van der Waals surface area contributed by atoms with Crippen LogP contribution in [0.15, 0.2) is 4.52 Å². The first-order valence-corrected chi connectivity index (χ1v) is 7.21. The molecule has 3 heterocycles. The zero-order valence-electron chi connectivity index (χ0n) is 11.3. The summed E-state index contributed by atoms with van der Waals surface area (Å²) >= 11 is 0. The highest BCUT2D eigenvalue weighted by molar-refractivity contribution is 5.29. The number of piperidine rings is 1. The Kier molecular flexibility index (Phi) is 3.70. The maximum atomic E-state index is 5.96. The van der Waals surface area contributed by atoms with Crippen molar-refractivity contribution in [1.82, 2.24) is 10.1 Å². The van der Waals surface area contributed by atoms with Crippen molar-refractivity contribution in [2.75, 3.05) is 37.7 Å². The Morgan fingerprint density at radius 1 is 1.16 bits per heavy atom. The van der Waals surface area contributed by atoms with Gasteiger partial charge in [0.25, 0.3) is 5.95 Å². The van der Waals surface area contributed by atoms with Crippen LogP contribution in [-0.4, -0.2) is 43.0 Å². The first-order valence-electron chi connectivity index (χ1n) is 7.21. The lowest BCUT2D eigenvalue weighted by Crippen LogP contribution is -2.41. The molecule has 1 aromatic rings. The van der Waals surface area contributed by atoms with E-state index in [1.54, 1.807) is 0 Å². The standard InChI is InChI=1S/C13H22N4O2/c14-10-13(4-8-18-9-5-13)11-15-12(16-19-11)17-6-2-1-3-7-17/h1-10,14H2. The van der Waals surface area contributed by atoms with Gasteiger partial charge in [0, 0.05) is 32.8 Å². The SMILES string of the molecule is NCC1(c2nc(N3CCCCC3)no2)CCOCC1. The molecule has 2 saturated heterocycles. The van der Waals surface area contributed by atoms with Crippen molar-refractivity contribution in [1.29, 1.82) is 0 Å². The summed E-state index contributed by atoms with van der Waals surface area (Å²) in [5.74, 6) is 1.42. The Bertz CT molecular complexity index is 409. The molecule has 1 aromatic heterocycles. The average molecular weight is 266 g/mol. The van der Waals surface area contributed by atoms with Gasteiger partial charge in [-0.25, -0.2) is 0 Å². The van der Waals surface area contributed by atoms with E-state index in [9.17, 15) is 0 Å². The summed E-state index contributed by atoms with van der Waals surface area (Å²) in [6.45, 7) is 4.03. The molecule has 2 fully saturated rings. The molecule has 3 rings (SSSR count). The number of rotatable bonds is 3. The van der Waals surface area contributed by atoms with Crippen LogP contribution in [0.1, 0.15) is 38.0 Å². The number of nitrogens with zero attached hydrogens (tertiary/aromatic N) is 3. The maximum absolute atomic E-state index is 5.96. The van der Waals surface area contributed by atoms with Crippen molar-refractivity contribution >= 4 is 5.95 Å². The van der Waals surface area contributed by atoms with Crippen LogP contribution in [0.2, 0.25) is 0 Å². The molecule has 0 unspecified atom stereocenters. The van der Waals surface area contributed by atoms with Gasteiger partial charge in [-0.2, -0.15) is 4.98 Å². The molecule has 2 N–H and O–H groups in total. The highest BCUT2D eigenvalue weighted by atomic mass is 16.5. The van der Waals surface area contributed by atoms with Crippen molar-refractivity contribution in [3.8, 4) is 0 Å². The van der Waals surface area contributed by atoms with E-state index in [1.165, 1.54) is 19.3 Å². The van der Waals surface area contributed by atoms with Crippen molar-refractivity contribution in [3.63, 3.8) is 0 Å². The fourth-order valence-electron chi connectivity index (χ4n) is 2.92. The summed E-state index contributed by atoms with van der Waals surface area (Å²) in [6, 6.07) is 0. The summed E-state index contributed by atoms with van der Waals surface area (Å²) in [5, 5.41) is 4.15. The minimum absolute atomic E-state index is 0.181. The third kappa shape index (κ3) is 2.47. The van der Waals surface area contributed by atoms with Crippen LogP contribution in [-0.2, 0) is 10.2 Å². The van der Waals surface area contributed by atoms with Crippen LogP contribution in [0.25, 0.3) is 0 Å². The number of ether oxygens (including phenoxy) is 1. The molecule has 19 heavy (non-hydrogen) atoms. The summed E-state index contributed by atoms with van der Waals surface area (Å²) in [6.07, 6.45) is 5.45. The van der Waals surface area contributed by atoms with E-state index in [0.717, 1.165) is 45.1 Å². The van der Waals surface area contributed by atoms with E-state index < -0.39 is 0 Å². The first kappa shape index (κ1) is 12.9. The lowest BCUT2D eigenvalue weighted by atomic mass is 9.80. The van der Waals surface area contributed by atoms with Crippen LogP contribution < -0.4 is 10.6 Å². The van der Waals surface area contributed by atoms with Gasteiger partial charge in [-0.1, -0.05) is 0 Å². The Labute approximate surface area is 113 Å². The van der Waals surface area contributed by atoms with Gasteiger partial charge in [0.2, 0.25) is 5.89 Å². The second-order valence-electron chi connectivity index (χ2n) is 5.54. The number of hydrogen-bond acceptors (Lipinski definition) is 6. The summed E-state index contributed by atoms with van der Waals surface area (Å²) in [7, 11) is 0. The molecule has 6 nitrogen and oxygen atoms in total. The molecule has 0 saturated carbocycles. The van der Waals surface area contributed by atoms with Crippen LogP contribution in [0.3, 0.4) is 0 Å². The predicted molar refractivity (Wildman–Crippen MR) is 71.1 cm³/mol. The molecule has 0 radical (unpaired) electrons. The Hall–Kier alpha value is -1.14. The van der Waals surface area contributed by atoms with Gasteiger partial charge in [0.05, 0.1) is 5.41 Å². The number of hydrogen-bond donors (Lipinski definition) is 1. The Balaban J connectivity index is 1.79. The number of anilines is 1. The van der Waals surface area contributed by atoms with Gasteiger partial charge in [0.15, 0.2) is 0 Å². The molecular weight excluding hydrogens is 244 g/mol. The highest BCUT2D eigenvalue weighted by Gasteiger charge is 2.39. The van der Waals surface area contributed by atoms with E-state index >= 15 is 0 Å². The van der Waals surface area contributed by atoms with Gasteiger partial charge in [-0.05, 0) is 37.3 Å². The van der Waals surface area contributed by atoms with Crippen LogP contribution in [0, 0.1) is 0 Å².